The molecule has 5 rings (SSSR count). The van der Waals surface area contributed by atoms with E-state index in [-0.39, 0.29) is 17.2 Å². The van der Waals surface area contributed by atoms with E-state index in [0.717, 1.165) is 22.2 Å². The van der Waals surface area contributed by atoms with Crippen LogP contribution in [0.3, 0.4) is 0 Å². The van der Waals surface area contributed by atoms with E-state index in [2.05, 4.69) is 14.7 Å². The highest BCUT2D eigenvalue weighted by Gasteiger charge is 2.16. The molecular formula is C31H30N4O5S. The maximum absolute atomic E-state index is 13.0. The minimum absolute atomic E-state index is 0.0976. The number of sulfonamides is 1. The van der Waals surface area contributed by atoms with E-state index in [1.165, 1.54) is 30.3 Å². The van der Waals surface area contributed by atoms with Crippen LogP contribution in [0.2, 0.25) is 0 Å². The highest BCUT2D eigenvalue weighted by atomic mass is 32.2. The summed E-state index contributed by atoms with van der Waals surface area (Å²) in [6, 6.07) is 19.6. The molecule has 2 heterocycles. The number of nitrogens with zero attached hydrogens (tertiary/aromatic N) is 2. The molecule has 0 aliphatic heterocycles. The number of hydrogen-bond acceptors (Lipinski definition) is 6. The molecule has 0 radical (unpaired) electrons. The molecule has 0 saturated carbocycles. The third kappa shape index (κ3) is 6.40. The Bertz CT molecular complexity index is 1760. The second-order valence-corrected chi connectivity index (χ2v) is 11.1. The lowest BCUT2D eigenvalue weighted by Gasteiger charge is -2.12. The standard InChI is InChI=1S/C31H30N4O5S/c1-39-30-20-31(40-2)26(28-19-23-6-3-4-7-27(23)34-28)18-24(30)10-13-29(36)22-8-11-25(12-9-22)41(37,38)33-14-5-16-35-17-15-32-21-35/h3-4,6-13,15,17-21,33-34H,5,14,16H2,1-2H3. The van der Waals surface area contributed by atoms with Gasteiger partial charge in [0.2, 0.25) is 10.0 Å². The average Bonchev–Trinajstić information content (AvgIpc) is 3.68. The number of H-pyrrole nitrogens is 1. The zero-order valence-corrected chi connectivity index (χ0v) is 23.5. The van der Waals surface area contributed by atoms with Crippen molar-refractivity contribution in [3.63, 3.8) is 0 Å². The predicted molar refractivity (Wildman–Crippen MR) is 159 cm³/mol. The van der Waals surface area contributed by atoms with Crippen LogP contribution in [-0.4, -0.2) is 49.5 Å². The molecule has 0 aliphatic carbocycles. The third-order valence-electron chi connectivity index (χ3n) is 6.68. The fraction of sp³-hybridized carbons (Fsp3) is 0.161. The minimum atomic E-state index is -3.69. The first kappa shape index (κ1) is 27.9. The van der Waals surface area contributed by atoms with Gasteiger partial charge in [-0.05, 0) is 61.0 Å². The Morgan fingerprint density at radius 3 is 2.51 bits per heavy atom. The summed E-state index contributed by atoms with van der Waals surface area (Å²) in [5.74, 6) is 0.905. The molecule has 2 N–H and O–H groups in total. The quantitative estimate of drug-likeness (QED) is 0.119. The molecule has 210 valence electrons. The van der Waals surface area contributed by atoms with Gasteiger partial charge in [-0.2, -0.15) is 0 Å². The molecule has 10 heteroatoms. The van der Waals surface area contributed by atoms with E-state index in [9.17, 15) is 13.2 Å². The highest BCUT2D eigenvalue weighted by Crippen LogP contribution is 2.37. The molecule has 0 bridgehead atoms. The Balaban J connectivity index is 1.30. The van der Waals surface area contributed by atoms with Crippen molar-refractivity contribution in [1.29, 1.82) is 0 Å². The number of rotatable bonds is 12. The van der Waals surface area contributed by atoms with Gasteiger partial charge >= 0.3 is 0 Å². The maximum Gasteiger partial charge on any atom is 0.240 e. The molecule has 0 amide bonds. The normalized spacial score (nSPS) is 11.8. The smallest absolute Gasteiger partial charge is 0.240 e. The van der Waals surface area contributed by atoms with Gasteiger partial charge in [-0.25, -0.2) is 18.1 Å². The number of allylic oxidation sites excluding steroid dienone is 1. The van der Waals surface area contributed by atoms with E-state index in [0.29, 0.717) is 35.6 Å². The molecule has 0 saturated heterocycles. The number of fused-ring (bicyclic) bond motifs is 1. The van der Waals surface area contributed by atoms with Gasteiger partial charge in [0.05, 0.1) is 31.1 Å². The Hall–Kier alpha value is -4.67. The first-order valence-corrected chi connectivity index (χ1v) is 14.5. The van der Waals surface area contributed by atoms with Gasteiger partial charge in [0, 0.05) is 59.1 Å². The largest absolute Gasteiger partial charge is 0.496 e. The molecule has 0 unspecified atom stereocenters. The van der Waals surface area contributed by atoms with Gasteiger partial charge in [0.1, 0.15) is 11.5 Å². The number of aromatic amines is 1. The number of benzene rings is 3. The van der Waals surface area contributed by atoms with E-state index in [1.54, 1.807) is 38.9 Å². The average molecular weight is 571 g/mol. The van der Waals surface area contributed by atoms with Gasteiger partial charge in [-0.3, -0.25) is 4.79 Å². The number of ether oxygens (including phenoxy) is 2. The predicted octanol–water partition coefficient (Wildman–Crippen LogP) is 5.31. The number of para-hydroxylation sites is 1. The summed E-state index contributed by atoms with van der Waals surface area (Å²) in [6.45, 7) is 0.943. The van der Waals surface area contributed by atoms with Crippen molar-refractivity contribution in [3.8, 4) is 22.8 Å². The second kappa shape index (κ2) is 12.2. The number of ketones is 1. The summed E-state index contributed by atoms with van der Waals surface area (Å²) < 4.78 is 41.0. The van der Waals surface area contributed by atoms with Gasteiger partial charge in [0.25, 0.3) is 0 Å². The van der Waals surface area contributed by atoms with Crippen molar-refractivity contribution in [1.82, 2.24) is 19.3 Å². The molecule has 41 heavy (non-hydrogen) atoms. The number of imidazole rings is 1. The third-order valence-corrected chi connectivity index (χ3v) is 8.16. The summed E-state index contributed by atoms with van der Waals surface area (Å²) >= 11 is 0. The summed E-state index contributed by atoms with van der Waals surface area (Å²) in [5, 5.41) is 1.07. The minimum Gasteiger partial charge on any atom is -0.496 e. The number of aryl methyl sites for hydroxylation is 1. The molecular weight excluding hydrogens is 540 g/mol. The van der Waals surface area contributed by atoms with Crippen LogP contribution in [0.5, 0.6) is 11.5 Å². The summed E-state index contributed by atoms with van der Waals surface area (Å²) in [7, 11) is -0.536. The second-order valence-electron chi connectivity index (χ2n) is 9.34. The van der Waals surface area contributed by atoms with E-state index in [1.807, 2.05) is 47.2 Å². The number of aromatic nitrogens is 3. The first-order valence-electron chi connectivity index (χ1n) is 13.0. The molecule has 9 nitrogen and oxygen atoms in total. The van der Waals surface area contributed by atoms with Crippen LogP contribution >= 0.6 is 0 Å². The number of nitrogens with one attached hydrogen (secondary N) is 2. The van der Waals surface area contributed by atoms with Gasteiger partial charge in [-0.15, -0.1) is 0 Å². The van der Waals surface area contributed by atoms with Gasteiger partial charge in [0.15, 0.2) is 5.78 Å². The number of carbonyl (C=O) groups is 1. The summed E-state index contributed by atoms with van der Waals surface area (Å²) in [4.78, 5) is 20.4. The lowest BCUT2D eigenvalue weighted by Crippen LogP contribution is -2.25. The molecule has 0 spiro atoms. The summed E-state index contributed by atoms with van der Waals surface area (Å²) in [6.07, 6.45) is 8.93. The lowest BCUT2D eigenvalue weighted by atomic mass is 10.0. The lowest BCUT2D eigenvalue weighted by molar-refractivity contribution is 0.104. The number of carbonyl (C=O) groups excluding carboxylic acids is 1. The van der Waals surface area contributed by atoms with E-state index in [4.69, 9.17) is 9.47 Å². The van der Waals surface area contributed by atoms with Crippen molar-refractivity contribution in [2.75, 3.05) is 20.8 Å². The Morgan fingerprint density at radius 2 is 1.80 bits per heavy atom. The Labute approximate surface area is 238 Å². The van der Waals surface area contributed by atoms with Crippen molar-refractivity contribution in [2.24, 2.45) is 0 Å². The zero-order chi connectivity index (χ0) is 28.8. The monoisotopic (exact) mass is 570 g/mol. The first-order chi connectivity index (χ1) is 19.9. The Kier molecular flexibility index (Phi) is 8.32. The molecule has 0 atom stereocenters. The molecule has 5 aromatic rings. The molecule has 0 aliphatic rings. The van der Waals surface area contributed by atoms with Crippen LogP contribution in [-0.2, 0) is 16.6 Å². The van der Waals surface area contributed by atoms with Crippen molar-refractivity contribution in [2.45, 2.75) is 17.9 Å². The van der Waals surface area contributed by atoms with Crippen LogP contribution < -0.4 is 14.2 Å². The highest BCUT2D eigenvalue weighted by molar-refractivity contribution is 7.89. The number of hydrogen-bond donors (Lipinski definition) is 2. The molecule has 0 fully saturated rings. The van der Waals surface area contributed by atoms with Crippen LogP contribution in [0.15, 0.2) is 96.4 Å². The molecule has 2 aromatic heterocycles. The van der Waals surface area contributed by atoms with Gasteiger partial charge < -0.3 is 19.0 Å². The fourth-order valence-electron chi connectivity index (χ4n) is 4.51. The van der Waals surface area contributed by atoms with Crippen LogP contribution in [0.25, 0.3) is 28.2 Å². The van der Waals surface area contributed by atoms with E-state index >= 15 is 0 Å². The van der Waals surface area contributed by atoms with Gasteiger partial charge in [-0.1, -0.05) is 18.2 Å². The summed E-state index contributed by atoms with van der Waals surface area (Å²) in [5.41, 5.74) is 3.75. The van der Waals surface area contributed by atoms with Crippen LogP contribution in [0.1, 0.15) is 22.3 Å². The van der Waals surface area contributed by atoms with Crippen molar-refractivity contribution >= 4 is 32.8 Å². The van der Waals surface area contributed by atoms with E-state index < -0.39 is 10.0 Å². The zero-order valence-electron chi connectivity index (χ0n) is 22.7. The van der Waals surface area contributed by atoms with Crippen molar-refractivity contribution < 1.29 is 22.7 Å². The van der Waals surface area contributed by atoms with Crippen LogP contribution in [0, 0.1) is 0 Å². The molecule has 3 aromatic carbocycles. The number of methoxy groups -OCH3 is 2. The fourth-order valence-corrected chi connectivity index (χ4v) is 5.59. The topological polar surface area (TPSA) is 115 Å². The van der Waals surface area contributed by atoms with Crippen molar-refractivity contribution in [3.05, 3.63) is 103 Å². The van der Waals surface area contributed by atoms with Crippen LogP contribution in [0.4, 0.5) is 0 Å². The maximum atomic E-state index is 13.0. The Morgan fingerprint density at radius 1 is 1.02 bits per heavy atom. The SMILES string of the molecule is COc1cc(OC)c(-c2cc3ccccc3[nH]2)cc1C=CC(=O)c1ccc(S(=O)(=O)NCCCn2ccnc2)cc1.